The van der Waals surface area contributed by atoms with Gasteiger partial charge >= 0.3 is 13.1 Å². The van der Waals surface area contributed by atoms with E-state index in [4.69, 9.17) is 14.0 Å². The van der Waals surface area contributed by atoms with Crippen LogP contribution < -0.4 is 10.4 Å². The van der Waals surface area contributed by atoms with Crippen molar-refractivity contribution in [2.24, 2.45) is 5.41 Å². The topological polar surface area (TPSA) is 48.0 Å². The zero-order chi connectivity index (χ0) is 19.4. The summed E-state index contributed by atoms with van der Waals surface area (Å²) in [6.45, 7) is 10.2. The summed E-state index contributed by atoms with van der Waals surface area (Å²) in [6.07, 6.45) is 5.23. The summed E-state index contributed by atoms with van der Waals surface area (Å²) < 4.78 is 17.4. The fraction of sp³-hybridized carbons (Fsp3) is 0.667. The molecule has 0 amide bonds. The summed E-state index contributed by atoms with van der Waals surface area (Å²) in [6, 6.07) is 5.88. The van der Waals surface area contributed by atoms with Crippen molar-refractivity contribution in [3.63, 3.8) is 0 Å². The first-order valence-electron chi connectivity index (χ1n) is 9.99. The van der Waals surface area contributed by atoms with Crippen LogP contribution in [0, 0.1) is 5.41 Å². The minimum absolute atomic E-state index is 0.328. The van der Waals surface area contributed by atoms with Crippen molar-refractivity contribution in [3.05, 3.63) is 23.8 Å². The van der Waals surface area contributed by atoms with Crippen LogP contribution in [0.5, 0.6) is 0 Å². The number of carbonyl (C=O) groups is 1. The summed E-state index contributed by atoms with van der Waals surface area (Å²) >= 11 is 0. The summed E-state index contributed by atoms with van der Waals surface area (Å²) in [4.78, 5) is 14.6. The van der Waals surface area contributed by atoms with E-state index in [0.29, 0.717) is 11.0 Å². The number of methoxy groups -OCH3 is 1. The van der Waals surface area contributed by atoms with Gasteiger partial charge in [-0.25, -0.2) is 4.79 Å². The Labute approximate surface area is 162 Å². The SMILES string of the molecule is COC(=O)c1cc(B2OC(C)(C)C(C)(C)O2)cc(N2CCC3(CC2)CC3)c1. The first-order valence-corrected chi connectivity index (χ1v) is 9.99. The second kappa shape index (κ2) is 6.24. The Hall–Kier alpha value is -1.53. The Balaban J connectivity index is 1.64. The molecular formula is C21H30BNO4. The number of esters is 1. The highest BCUT2D eigenvalue weighted by molar-refractivity contribution is 6.62. The minimum atomic E-state index is -0.488. The molecule has 0 unspecified atom stereocenters. The molecule has 0 bridgehead atoms. The quantitative estimate of drug-likeness (QED) is 0.604. The van der Waals surface area contributed by atoms with E-state index in [1.54, 1.807) is 0 Å². The van der Waals surface area contributed by atoms with Crippen LogP contribution in [-0.4, -0.2) is 44.5 Å². The molecule has 1 aromatic rings. The van der Waals surface area contributed by atoms with E-state index >= 15 is 0 Å². The molecule has 3 fully saturated rings. The average molecular weight is 371 g/mol. The molecule has 5 nitrogen and oxygen atoms in total. The van der Waals surface area contributed by atoms with Gasteiger partial charge in [-0.3, -0.25) is 0 Å². The molecule has 3 aliphatic rings. The summed E-state index contributed by atoms with van der Waals surface area (Å²) in [5.74, 6) is -0.328. The summed E-state index contributed by atoms with van der Waals surface area (Å²) in [7, 11) is 0.930. The molecule has 27 heavy (non-hydrogen) atoms. The largest absolute Gasteiger partial charge is 0.494 e. The van der Waals surface area contributed by atoms with E-state index in [-0.39, 0.29) is 5.97 Å². The lowest BCUT2D eigenvalue weighted by Gasteiger charge is -2.34. The standard InChI is InChI=1S/C21H30BNO4/c1-19(2)20(3,4)27-22(26-19)16-12-15(18(24)25-5)13-17(14-16)23-10-8-21(6-7-21)9-11-23/h12-14H,6-11H2,1-5H3. The molecule has 2 saturated heterocycles. The van der Waals surface area contributed by atoms with Gasteiger partial charge in [0.05, 0.1) is 23.9 Å². The summed E-state index contributed by atoms with van der Waals surface area (Å²) in [5.41, 5.74) is 2.26. The van der Waals surface area contributed by atoms with E-state index < -0.39 is 18.3 Å². The number of nitrogens with zero attached hydrogens (tertiary/aromatic N) is 1. The van der Waals surface area contributed by atoms with Crippen molar-refractivity contribution in [1.82, 2.24) is 0 Å². The molecule has 4 rings (SSSR count). The maximum absolute atomic E-state index is 12.3. The predicted octanol–water partition coefficient (Wildman–Crippen LogP) is 3.15. The van der Waals surface area contributed by atoms with Crippen molar-refractivity contribution < 1.29 is 18.8 Å². The number of hydrogen-bond donors (Lipinski definition) is 0. The number of benzene rings is 1. The van der Waals surface area contributed by atoms with E-state index in [0.717, 1.165) is 24.2 Å². The third-order valence-electron chi connectivity index (χ3n) is 7.03. The molecule has 0 N–H and O–H groups in total. The summed E-state index contributed by atoms with van der Waals surface area (Å²) in [5, 5.41) is 0. The monoisotopic (exact) mass is 371 g/mol. The Kier molecular flexibility index (Phi) is 4.35. The van der Waals surface area contributed by atoms with Crippen molar-refractivity contribution in [1.29, 1.82) is 0 Å². The normalized spacial score (nSPS) is 24.9. The number of hydrogen-bond acceptors (Lipinski definition) is 5. The fourth-order valence-corrected chi connectivity index (χ4v) is 4.08. The van der Waals surface area contributed by atoms with Crippen molar-refractivity contribution in [3.8, 4) is 0 Å². The lowest BCUT2D eigenvalue weighted by Crippen LogP contribution is -2.41. The second-order valence-corrected chi connectivity index (χ2v) is 9.38. The zero-order valence-electron chi connectivity index (χ0n) is 17.1. The van der Waals surface area contributed by atoms with Crippen LogP contribution in [0.2, 0.25) is 0 Å². The van der Waals surface area contributed by atoms with Gasteiger partial charge in [0.2, 0.25) is 0 Å². The number of anilines is 1. The van der Waals surface area contributed by atoms with Crippen LogP contribution in [0.15, 0.2) is 18.2 Å². The van der Waals surface area contributed by atoms with E-state index in [1.165, 1.54) is 32.8 Å². The Bertz CT molecular complexity index is 731. The molecule has 1 saturated carbocycles. The van der Waals surface area contributed by atoms with Gasteiger partial charge in [-0.2, -0.15) is 0 Å². The molecule has 0 aromatic heterocycles. The van der Waals surface area contributed by atoms with Crippen LogP contribution in [0.4, 0.5) is 5.69 Å². The lowest BCUT2D eigenvalue weighted by molar-refractivity contribution is 0.00578. The van der Waals surface area contributed by atoms with E-state index in [2.05, 4.69) is 11.0 Å². The second-order valence-electron chi connectivity index (χ2n) is 9.38. The Morgan fingerprint density at radius 2 is 1.59 bits per heavy atom. The molecule has 0 atom stereocenters. The molecule has 2 aliphatic heterocycles. The number of rotatable bonds is 3. The first kappa shape index (κ1) is 18.8. The molecule has 6 heteroatoms. The van der Waals surface area contributed by atoms with Gasteiger partial charge in [-0.1, -0.05) is 0 Å². The van der Waals surface area contributed by atoms with Gasteiger partial charge < -0.3 is 18.9 Å². The van der Waals surface area contributed by atoms with Crippen LogP contribution in [0.3, 0.4) is 0 Å². The van der Waals surface area contributed by atoms with Crippen LogP contribution in [0.1, 0.15) is 63.7 Å². The van der Waals surface area contributed by atoms with Crippen LogP contribution >= 0.6 is 0 Å². The van der Waals surface area contributed by atoms with E-state index in [9.17, 15) is 4.79 Å². The third kappa shape index (κ3) is 3.38. The maximum Gasteiger partial charge on any atom is 0.494 e. The minimum Gasteiger partial charge on any atom is -0.465 e. The van der Waals surface area contributed by atoms with E-state index in [1.807, 2.05) is 39.8 Å². The van der Waals surface area contributed by atoms with Gasteiger partial charge in [0.25, 0.3) is 0 Å². The Morgan fingerprint density at radius 1 is 1.00 bits per heavy atom. The molecule has 2 heterocycles. The number of carbonyl (C=O) groups excluding carboxylic acids is 1. The van der Waals surface area contributed by atoms with Gasteiger partial charge in [0.15, 0.2) is 0 Å². The molecular weight excluding hydrogens is 341 g/mol. The van der Waals surface area contributed by atoms with Crippen molar-refractivity contribution in [2.75, 3.05) is 25.1 Å². The maximum atomic E-state index is 12.3. The predicted molar refractivity (Wildman–Crippen MR) is 107 cm³/mol. The van der Waals surface area contributed by atoms with Gasteiger partial charge in [-0.05, 0) is 82.5 Å². The molecule has 1 aliphatic carbocycles. The molecule has 0 radical (unpaired) electrons. The van der Waals surface area contributed by atoms with Gasteiger partial charge in [0, 0.05) is 18.8 Å². The number of piperidine rings is 1. The highest BCUT2D eigenvalue weighted by Crippen LogP contribution is 2.53. The first-order chi connectivity index (χ1) is 12.6. The fourth-order valence-electron chi connectivity index (χ4n) is 4.08. The van der Waals surface area contributed by atoms with Crippen molar-refractivity contribution in [2.45, 2.75) is 64.6 Å². The molecule has 1 spiro atoms. The lowest BCUT2D eigenvalue weighted by atomic mass is 9.78. The third-order valence-corrected chi connectivity index (χ3v) is 7.03. The van der Waals surface area contributed by atoms with Crippen LogP contribution in [0.25, 0.3) is 0 Å². The van der Waals surface area contributed by atoms with Gasteiger partial charge in [-0.15, -0.1) is 0 Å². The molecule has 1 aromatic carbocycles. The van der Waals surface area contributed by atoms with Gasteiger partial charge in [0.1, 0.15) is 0 Å². The van der Waals surface area contributed by atoms with Crippen molar-refractivity contribution >= 4 is 24.2 Å². The average Bonchev–Trinajstić information content (AvgIpc) is 3.34. The number of ether oxygens (including phenoxy) is 1. The highest BCUT2D eigenvalue weighted by atomic mass is 16.7. The highest BCUT2D eigenvalue weighted by Gasteiger charge is 2.52. The zero-order valence-corrected chi connectivity index (χ0v) is 17.1. The van der Waals surface area contributed by atoms with Crippen LogP contribution in [-0.2, 0) is 14.0 Å². The molecule has 146 valence electrons. The Morgan fingerprint density at radius 3 is 2.11 bits per heavy atom. The smallest absolute Gasteiger partial charge is 0.465 e.